The van der Waals surface area contributed by atoms with Crippen molar-refractivity contribution in [3.8, 4) is 0 Å². The fourth-order valence-electron chi connectivity index (χ4n) is 5.52. The van der Waals surface area contributed by atoms with Gasteiger partial charge in [-0.2, -0.15) is 0 Å². The number of benzene rings is 2. The van der Waals surface area contributed by atoms with E-state index in [4.69, 9.17) is 0 Å². The highest BCUT2D eigenvalue weighted by molar-refractivity contribution is 5.87. The van der Waals surface area contributed by atoms with E-state index in [0.717, 1.165) is 44.6 Å². The van der Waals surface area contributed by atoms with Gasteiger partial charge >= 0.3 is 5.97 Å². The SMILES string of the molecule is O=C(O)c1cccc(CN2C[C@H]3CN(C(=O)C4CCC4)[C@H](c4ccccc4)[C@H]3C2)c1. The average molecular weight is 405 g/mol. The summed E-state index contributed by atoms with van der Waals surface area (Å²) in [5.74, 6) is 0.598. The molecule has 3 atom stereocenters. The lowest BCUT2D eigenvalue weighted by molar-refractivity contribution is -0.139. The Balaban J connectivity index is 1.35. The van der Waals surface area contributed by atoms with E-state index in [1.54, 1.807) is 12.1 Å². The maximum absolute atomic E-state index is 13.2. The van der Waals surface area contributed by atoms with E-state index in [1.807, 2.05) is 18.2 Å². The molecule has 1 amide bonds. The van der Waals surface area contributed by atoms with E-state index in [0.29, 0.717) is 23.3 Å². The van der Waals surface area contributed by atoms with Crippen LogP contribution in [0.15, 0.2) is 54.6 Å². The maximum Gasteiger partial charge on any atom is 0.335 e. The largest absolute Gasteiger partial charge is 0.478 e. The fraction of sp³-hybridized carbons (Fsp3) is 0.440. The lowest BCUT2D eigenvalue weighted by atomic mass is 9.83. The monoisotopic (exact) mass is 404 g/mol. The van der Waals surface area contributed by atoms with Crippen molar-refractivity contribution in [2.75, 3.05) is 19.6 Å². The Morgan fingerprint density at radius 3 is 2.47 bits per heavy atom. The van der Waals surface area contributed by atoms with Gasteiger partial charge in [0.2, 0.25) is 5.91 Å². The van der Waals surface area contributed by atoms with Crippen molar-refractivity contribution in [1.82, 2.24) is 9.80 Å². The highest BCUT2D eigenvalue weighted by atomic mass is 16.4. The molecule has 3 fully saturated rings. The molecule has 156 valence electrons. The normalized spacial score (nSPS) is 26.4. The number of aromatic carboxylic acids is 1. The zero-order chi connectivity index (χ0) is 20.7. The Hall–Kier alpha value is -2.66. The summed E-state index contributed by atoms with van der Waals surface area (Å²) >= 11 is 0. The van der Waals surface area contributed by atoms with Gasteiger partial charge in [0.05, 0.1) is 11.6 Å². The topological polar surface area (TPSA) is 60.9 Å². The molecule has 5 heteroatoms. The molecule has 2 saturated heterocycles. The van der Waals surface area contributed by atoms with E-state index in [9.17, 15) is 14.7 Å². The Bertz CT molecular complexity index is 940. The smallest absolute Gasteiger partial charge is 0.335 e. The van der Waals surface area contributed by atoms with Gasteiger partial charge in [0, 0.05) is 38.0 Å². The summed E-state index contributed by atoms with van der Waals surface area (Å²) < 4.78 is 0. The molecule has 1 N–H and O–H groups in total. The van der Waals surface area contributed by atoms with Crippen molar-refractivity contribution in [3.05, 3.63) is 71.3 Å². The second kappa shape index (κ2) is 7.88. The fourth-order valence-corrected chi connectivity index (χ4v) is 5.52. The minimum absolute atomic E-state index is 0.152. The number of likely N-dealkylation sites (tertiary alicyclic amines) is 2. The number of hydrogen-bond donors (Lipinski definition) is 1. The molecule has 2 aromatic rings. The van der Waals surface area contributed by atoms with Crippen LogP contribution in [-0.4, -0.2) is 46.4 Å². The van der Waals surface area contributed by atoms with Gasteiger partial charge in [-0.15, -0.1) is 0 Å². The van der Waals surface area contributed by atoms with Crippen molar-refractivity contribution in [1.29, 1.82) is 0 Å². The number of carbonyl (C=O) groups excluding carboxylic acids is 1. The first kappa shape index (κ1) is 19.3. The van der Waals surface area contributed by atoms with E-state index in [2.05, 4.69) is 34.1 Å². The van der Waals surface area contributed by atoms with E-state index in [1.165, 1.54) is 12.0 Å². The van der Waals surface area contributed by atoms with E-state index in [-0.39, 0.29) is 12.0 Å². The number of amides is 1. The first-order valence-electron chi connectivity index (χ1n) is 11.0. The molecule has 1 saturated carbocycles. The van der Waals surface area contributed by atoms with Gasteiger partial charge in [-0.05, 0) is 42.0 Å². The first-order chi connectivity index (χ1) is 14.6. The van der Waals surface area contributed by atoms with Gasteiger partial charge in [0.1, 0.15) is 0 Å². The first-order valence-corrected chi connectivity index (χ1v) is 11.0. The average Bonchev–Trinajstić information content (AvgIpc) is 3.24. The lowest BCUT2D eigenvalue weighted by Crippen LogP contribution is -2.41. The Morgan fingerprint density at radius 2 is 1.77 bits per heavy atom. The van der Waals surface area contributed by atoms with Crippen LogP contribution >= 0.6 is 0 Å². The lowest BCUT2D eigenvalue weighted by Gasteiger charge is -2.35. The number of hydrogen-bond acceptors (Lipinski definition) is 3. The van der Waals surface area contributed by atoms with Crippen LogP contribution in [0.1, 0.15) is 46.8 Å². The van der Waals surface area contributed by atoms with Crippen LogP contribution < -0.4 is 0 Å². The van der Waals surface area contributed by atoms with Crippen LogP contribution in [0.4, 0.5) is 0 Å². The van der Waals surface area contributed by atoms with Crippen LogP contribution in [0, 0.1) is 17.8 Å². The van der Waals surface area contributed by atoms with Gasteiger partial charge < -0.3 is 10.0 Å². The number of fused-ring (bicyclic) bond motifs is 1. The molecule has 2 heterocycles. The van der Waals surface area contributed by atoms with Crippen molar-refractivity contribution in [3.63, 3.8) is 0 Å². The van der Waals surface area contributed by atoms with Crippen molar-refractivity contribution in [2.45, 2.75) is 31.8 Å². The van der Waals surface area contributed by atoms with E-state index >= 15 is 0 Å². The highest BCUT2D eigenvalue weighted by Crippen LogP contribution is 2.47. The molecular weight excluding hydrogens is 376 g/mol. The van der Waals surface area contributed by atoms with Gasteiger partial charge in [0.25, 0.3) is 0 Å². The van der Waals surface area contributed by atoms with Crippen LogP contribution in [-0.2, 0) is 11.3 Å². The minimum Gasteiger partial charge on any atom is -0.478 e. The molecule has 2 aromatic carbocycles. The van der Waals surface area contributed by atoms with Gasteiger partial charge in [-0.3, -0.25) is 9.69 Å². The number of carbonyl (C=O) groups is 2. The van der Waals surface area contributed by atoms with Gasteiger partial charge in [-0.25, -0.2) is 4.79 Å². The summed E-state index contributed by atoms with van der Waals surface area (Å²) in [4.78, 5) is 29.1. The maximum atomic E-state index is 13.2. The summed E-state index contributed by atoms with van der Waals surface area (Å²) in [6, 6.07) is 17.9. The second-order valence-corrected chi connectivity index (χ2v) is 9.10. The molecule has 0 unspecified atom stereocenters. The molecule has 0 aromatic heterocycles. The summed E-state index contributed by atoms with van der Waals surface area (Å²) in [6.45, 7) is 3.49. The number of carboxylic acids is 1. The molecule has 1 aliphatic carbocycles. The molecule has 0 bridgehead atoms. The number of carboxylic acid groups (broad SMARTS) is 1. The summed E-state index contributed by atoms with van der Waals surface area (Å²) in [5, 5.41) is 9.26. The Kier molecular flexibility index (Phi) is 5.07. The van der Waals surface area contributed by atoms with Crippen LogP contribution in [0.3, 0.4) is 0 Å². The highest BCUT2D eigenvalue weighted by Gasteiger charge is 2.50. The standard InChI is InChI=1S/C25H28N2O3/c28-24(19-9-5-10-19)27-15-21-14-26(13-17-6-4-11-20(12-17)25(29)30)16-22(21)23(27)18-7-2-1-3-8-18/h1-4,6-8,11-12,19,21-23H,5,9-10,13-16H2,(H,29,30)/t21-,22-,23+/m0/s1. The van der Waals surface area contributed by atoms with E-state index < -0.39 is 5.97 Å². The van der Waals surface area contributed by atoms with Crippen LogP contribution in [0.5, 0.6) is 0 Å². The third-order valence-electron chi connectivity index (χ3n) is 7.20. The molecule has 0 radical (unpaired) electrons. The third-order valence-corrected chi connectivity index (χ3v) is 7.20. The van der Waals surface area contributed by atoms with Crippen molar-refractivity contribution < 1.29 is 14.7 Å². The number of nitrogens with zero attached hydrogens (tertiary/aromatic N) is 2. The molecule has 5 rings (SSSR count). The Morgan fingerprint density at radius 1 is 0.967 bits per heavy atom. The van der Waals surface area contributed by atoms with Crippen molar-refractivity contribution >= 4 is 11.9 Å². The quantitative estimate of drug-likeness (QED) is 0.823. The minimum atomic E-state index is -0.885. The molecule has 0 spiro atoms. The molecule has 3 aliphatic rings. The molecule has 30 heavy (non-hydrogen) atoms. The summed E-state index contributed by atoms with van der Waals surface area (Å²) in [6.07, 6.45) is 3.26. The second-order valence-electron chi connectivity index (χ2n) is 9.10. The van der Waals surface area contributed by atoms with Gasteiger partial charge in [-0.1, -0.05) is 48.9 Å². The predicted octanol–water partition coefficient (Wildman–Crippen LogP) is 3.82. The van der Waals surface area contributed by atoms with Crippen molar-refractivity contribution in [2.24, 2.45) is 17.8 Å². The number of rotatable bonds is 5. The molecule has 2 aliphatic heterocycles. The van der Waals surface area contributed by atoms with Crippen LogP contribution in [0.25, 0.3) is 0 Å². The van der Waals surface area contributed by atoms with Crippen LogP contribution in [0.2, 0.25) is 0 Å². The molecular formula is C25H28N2O3. The van der Waals surface area contributed by atoms with Gasteiger partial charge in [0.15, 0.2) is 0 Å². The predicted molar refractivity (Wildman–Crippen MR) is 114 cm³/mol. The third kappa shape index (κ3) is 3.52. The Labute approximate surface area is 177 Å². The molecule has 5 nitrogen and oxygen atoms in total. The zero-order valence-corrected chi connectivity index (χ0v) is 17.1. The zero-order valence-electron chi connectivity index (χ0n) is 17.1. The summed E-state index contributed by atoms with van der Waals surface area (Å²) in [5.41, 5.74) is 2.62. The summed E-state index contributed by atoms with van der Waals surface area (Å²) in [7, 11) is 0.